The number of likely N-dealkylation sites (tertiary alicyclic amines) is 1. The van der Waals surface area contributed by atoms with Gasteiger partial charge >= 0.3 is 6.01 Å². The Morgan fingerprint density at radius 3 is 2.55 bits per heavy atom. The molecule has 1 aliphatic heterocycles. The molecule has 0 saturated carbocycles. The topological polar surface area (TPSA) is 96.3 Å². The number of rotatable bonds is 7. The molecule has 0 unspecified atom stereocenters. The van der Waals surface area contributed by atoms with E-state index in [0.29, 0.717) is 64.0 Å². The summed E-state index contributed by atoms with van der Waals surface area (Å²) in [7, 11) is 3.01. The van der Waals surface area contributed by atoms with Crippen molar-refractivity contribution in [2.45, 2.75) is 18.8 Å². The van der Waals surface area contributed by atoms with E-state index in [9.17, 15) is 14.0 Å². The van der Waals surface area contributed by atoms with Crippen molar-refractivity contribution in [2.75, 3.05) is 40.5 Å². The van der Waals surface area contributed by atoms with Gasteiger partial charge in [0.15, 0.2) is 11.5 Å². The zero-order valence-corrected chi connectivity index (χ0v) is 18.9. The lowest BCUT2D eigenvalue weighted by Crippen LogP contribution is -2.41. The van der Waals surface area contributed by atoms with Crippen LogP contribution in [-0.4, -0.2) is 66.2 Å². The van der Waals surface area contributed by atoms with Gasteiger partial charge in [-0.1, -0.05) is 11.6 Å². The Kier molecular flexibility index (Phi) is 6.54. The van der Waals surface area contributed by atoms with E-state index in [2.05, 4.69) is 21.0 Å². The molecule has 1 fully saturated rings. The summed E-state index contributed by atoms with van der Waals surface area (Å²) < 4.78 is 43.2. The normalized spacial score (nSPS) is 15.9. The zero-order chi connectivity index (χ0) is 23.6. The van der Waals surface area contributed by atoms with E-state index in [1.165, 1.54) is 20.4 Å². The summed E-state index contributed by atoms with van der Waals surface area (Å²) in [6, 6.07) is 5.49. The van der Waals surface area contributed by atoms with Gasteiger partial charge < -0.3 is 19.2 Å². The minimum atomic E-state index is -2.59. The Morgan fingerprint density at radius 1 is 1.18 bits per heavy atom. The number of hydrogen-bond donors (Lipinski definition) is 1. The first-order valence-corrected chi connectivity index (χ1v) is 10.7. The van der Waals surface area contributed by atoms with Crippen molar-refractivity contribution in [1.29, 1.82) is 5.26 Å². The molecular weight excluding hydrogens is 456 g/mol. The monoisotopic (exact) mass is 477 g/mol. The number of fused-ring (bicyclic) bond motifs is 1. The smallest absolute Gasteiger partial charge is 0.319 e. The minimum Gasteiger partial charge on any atom is -0.493 e. The van der Waals surface area contributed by atoms with Crippen LogP contribution in [0, 0.1) is 11.3 Å². The first kappa shape index (κ1) is 23.0. The maximum atomic E-state index is 13.4. The Morgan fingerprint density at radius 2 is 1.88 bits per heavy atom. The summed E-state index contributed by atoms with van der Waals surface area (Å²) in [6.45, 7) is 1.32. The van der Waals surface area contributed by atoms with Gasteiger partial charge in [-0.05, 0) is 6.07 Å². The van der Waals surface area contributed by atoms with Gasteiger partial charge in [-0.25, -0.2) is 8.78 Å². The fraction of sp³-hybridized carbons (Fsp3) is 0.409. The van der Waals surface area contributed by atoms with Crippen molar-refractivity contribution < 1.29 is 23.0 Å². The van der Waals surface area contributed by atoms with Crippen molar-refractivity contribution in [1.82, 2.24) is 19.9 Å². The molecular formula is C22H22ClF2N5O3. The minimum absolute atomic E-state index is 0.0806. The van der Waals surface area contributed by atoms with E-state index in [1.54, 1.807) is 12.1 Å². The molecule has 0 bridgehead atoms. The molecule has 1 aliphatic rings. The number of ether oxygens (including phenoxy) is 3. The lowest BCUT2D eigenvalue weighted by atomic mass is 10.1. The van der Waals surface area contributed by atoms with E-state index in [1.807, 2.05) is 4.90 Å². The standard InChI is InChI=1S/C22H22ClF2N5O3/c1-31-16-9-14(15(23)10-17(16)32-2)19-18-13(11-26)12-27-20(18)29-21(28-19)33-8-7-30-5-3-22(24,25)4-6-30/h9-10,12H,3-8H2,1-2H3,(H,27,28,29). The number of H-pyrrole nitrogens is 1. The van der Waals surface area contributed by atoms with E-state index >= 15 is 0 Å². The van der Waals surface area contributed by atoms with Gasteiger partial charge in [-0.3, -0.25) is 4.90 Å². The molecule has 3 aromatic rings. The van der Waals surface area contributed by atoms with Gasteiger partial charge in [0.25, 0.3) is 5.92 Å². The second-order valence-corrected chi connectivity index (χ2v) is 8.03. The Bertz CT molecular complexity index is 1200. The predicted octanol–water partition coefficient (Wildman–Crippen LogP) is 4.28. The molecule has 2 aromatic heterocycles. The summed E-state index contributed by atoms with van der Waals surface area (Å²) in [5.74, 6) is -1.69. The van der Waals surface area contributed by atoms with Crippen molar-refractivity contribution in [3.63, 3.8) is 0 Å². The van der Waals surface area contributed by atoms with Gasteiger partial charge in [-0.2, -0.15) is 15.2 Å². The average Bonchev–Trinajstić information content (AvgIpc) is 3.22. The number of hydrogen-bond acceptors (Lipinski definition) is 7. The molecule has 0 amide bonds. The van der Waals surface area contributed by atoms with Gasteiger partial charge in [0.05, 0.1) is 35.9 Å². The number of benzene rings is 1. The summed E-state index contributed by atoms with van der Waals surface area (Å²) in [5, 5.41) is 10.4. The van der Waals surface area contributed by atoms with Crippen LogP contribution in [0.4, 0.5) is 8.78 Å². The van der Waals surface area contributed by atoms with Crippen LogP contribution >= 0.6 is 11.6 Å². The van der Waals surface area contributed by atoms with E-state index in [4.69, 9.17) is 25.8 Å². The molecule has 3 heterocycles. The number of piperidine rings is 1. The van der Waals surface area contributed by atoms with Crippen molar-refractivity contribution in [3.05, 3.63) is 28.9 Å². The van der Waals surface area contributed by atoms with Crippen LogP contribution in [0.2, 0.25) is 5.02 Å². The van der Waals surface area contributed by atoms with Gasteiger partial charge in [0.1, 0.15) is 18.3 Å². The van der Waals surface area contributed by atoms with E-state index in [0.717, 1.165) is 0 Å². The highest BCUT2D eigenvalue weighted by molar-refractivity contribution is 6.34. The fourth-order valence-corrected chi connectivity index (χ4v) is 4.01. The largest absolute Gasteiger partial charge is 0.493 e. The maximum Gasteiger partial charge on any atom is 0.319 e. The van der Waals surface area contributed by atoms with Crippen LogP contribution in [0.25, 0.3) is 22.3 Å². The predicted molar refractivity (Wildman–Crippen MR) is 118 cm³/mol. The van der Waals surface area contributed by atoms with Crippen LogP contribution in [0.3, 0.4) is 0 Å². The molecule has 1 aromatic carbocycles. The SMILES string of the molecule is COc1cc(Cl)c(-c2nc(OCCN3CCC(F)(F)CC3)nc3[nH]cc(C#N)c23)cc1OC. The van der Waals surface area contributed by atoms with Crippen LogP contribution in [0.15, 0.2) is 18.3 Å². The number of aromatic amines is 1. The zero-order valence-electron chi connectivity index (χ0n) is 18.1. The van der Waals surface area contributed by atoms with Gasteiger partial charge in [0.2, 0.25) is 0 Å². The summed E-state index contributed by atoms with van der Waals surface area (Å²) in [4.78, 5) is 13.8. The Balaban J connectivity index is 1.64. The van der Waals surface area contributed by atoms with Crippen LogP contribution in [0.1, 0.15) is 18.4 Å². The molecule has 0 atom stereocenters. The van der Waals surface area contributed by atoms with Crippen LogP contribution < -0.4 is 14.2 Å². The molecule has 0 spiro atoms. The average molecular weight is 478 g/mol. The lowest BCUT2D eigenvalue weighted by Gasteiger charge is -2.31. The molecule has 1 saturated heterocycles. The number of nitrogens with zero attached hydrogens (tertiary/aromatic N) is 4. The van der Waals surface area contributed by atoms with E-state index < -0.39 is 5.92 Å². The third-order valence-electron chi connectivity index (χ3n) is 5.59. The number of alkyl halides is 2. The maximum absolute atomic E-state index is 13.4. The lowest BCUT2D eigenvalue weighted by molar-refractivity contribution is -0.0565. The van der Waals surface area contributed by atoms with Crippen molar-refractivity contribution >= 4 is 22.6 Å². The highest BCUT2D eigenvalue weighted by atomic mass is 35.5. The third kappa shape index (κ3) is 4.79. The van der Waals surface area contributed by atoms with E-state index in [-0.39, 0.29) is 25.5 Å². The Hall–Kier alpha value is -3.16. The van der Waals surface area contributed by atoms with Crippen LogP contribution in [0.5, 0.6) is 17.5 Å². The summed E-state index contributed by atoms with van der Waals surface area (Å²) in [5.41, 5.74) is 1.68. The molecule has 1 N–H and O–H groups in total. The number of aromatic nitrogens is 3. The second kappa shape index (κ2) is 9.37. The highest BCUT2D eigenvalue weighted by Gasteiger charge is 2.33. The second-order valence-electron chi connectivity index (χ2n) is 7.63. The van der Waals surface area contributed by atoms with Gasteiger partial charge in [0, 0.05) is 50.3 Å². The number of halogens is 3. The van der Waals surface area contributed by atoms with Crippen LogP contribution in [-0.2, 0) is 0 Å². The van der Waals surface area contributed by atoms with Gasteiger partial charge in [-0.15, -0.1) is 0 Å². The molecule has 11 heteroatoms. The van der Waals surface area contributed by atoms with Crippen molar-refractivity contribution in [3.8, 4) is 34.8 Å². The number of nitriles is 1. The first-order valence-electron chi connectivity index (χ1n) is 10.3. The third-order valence-corrected chi connectivity index (χ3v) is 5.90. The molecule has 8 nitrogen and oxygen atoms in total. The summed E-state index contributed by atoms with van der Waals surface area (Å²) in [6.07, 6.45) is 1.23. The number of methoxy groups -OCH3 is 2. The molecule has 0 aliphatic carbocycles. The van der Waals surface area contributed by atoms with Crippen molar-refractivity contribution in [2.24, 2.45) is 0 Å². The molecule has 174 valence electrons. The molecule has 0 radical (unpaired) electrons. The quantitative estimate of drug-likeness (QED) is 0.542. The fourth-order valence-electron chi connectivity index (χ4n) is 3.77. The first-order chi connectivity index (χ1) is 15.8. The molecule has 33 heavy (non-hydrogen) atoms. The summed E-state index contributed by atoms with van der Waals surface area (Å²) >= 11 is 6.52. The number of nitrogens with one attached hydrogen (secondary N) is 1. The highest BCUT2D eigenvalue weighted by Crippen LogP contribution is 2.40. The molecule has 4 rings (SSSR count). The Labute approximate surface area is 194 Å².